The van der Waals surface area contributed by atoms with Crippen LogP contribution in [0.4, 0.5) is 0 Å². The molecule has 0 spiro atoms. The van der Waals surface area contributed by atoms with Crippen molar-refractivity contribution in [3.8, 4) is 0 Å². The first-order chi connectivity index (χ1) is 4.77. The van der Waals surface area contributed by atoms with Crippen LogP contribution < -0.4 is 0 Å². The number of methoxy groups -OCH3 is 1. The summed E-state index contributed by atoms with van der Waals surface area (Å²) >= 11 is 0. The average Bonchev–Trinajstić information content (AvgIpc) is 2.62. The zero-order valence-electron chi connectivity index (χ0n) is 6.55. The Morgan fingerprint density at radius 1 is 1.50 bits per heavy atom. The first-order valence-electron chi connectivity index (χ1n) is 3.47. The first kappa shape index (κ1) is 7.98. The quantitative estimate of drug-likeness (QED) is 0.416. The lowest BCUT2D eigenvalue weighted by molar-refractivity contribution is 0.0444. The summed E-state index contributed by atoms with van der Waals surface area (Å²) in [5, 5.41) is 0. The molecule has 1 saturated heterocycles. The maximum absolute atomic E-state index is 5.25. The topological polar surface area (TPSA) is 31.0 Å². The Labute approximate surface area is 61.3 Å². The van der Waals surface area contributed by atoms with Crippen LogP contribution in [0.25, 0.3) is 0 Å². The molecule has 0 N–H and O–H groups in total. The fourth-order valence-electron chi connectivity index (χ4n) is 0.637. The number of rotatable bonds is 5. The largest absolute Gasteiger partial charge is 0.382 e. The molecule has 1 rings (SSSR count). The Hall–Kier alpha value is -0.120. The van der Waals surface area contributed by atoms with Crippen molar-refractivity contribution < 1.29 is 14.2 Å². The maximum Gasteiger partial charge on any atom is 0.112 e. The van der Waals surface area contributed by atoms with Crippen molar-refractivity contribution in [3.05, 3.63) is 0 Å². The molecule has 1 unspecified atom stereocenters. The van der Waals surface area contributed by atoms with Crippen LogP contribution in [0.1, 0.15) is 6.92 Å². The van der Waals surface area contributed by atoms with Gasteiger partial charge in [-0.1, -0.05) is 0 Å². The summed E-state index contributed by atoms with van der Waals surface area (Å²) in [6, 6.07) is 0. The third-order valence-electron chi connectivity index (χ3n) is 1.48. The predicted octanol–water partition coefficient (Wildman–Crippen LogP) is 0.438. The van der Waals surface area contributed by atoms with E-state index < -0.39 is 0 Å². The van der Waals surface area contributed by atoms with Crippen LogP contribution in [0, 0.1) is 0 Å². The van der Waals surface area contributed by atoms with E-state index >= 15 is 0 Å². The summed E-state index contributed by atoms with van der Waals surface area (Å²) in [6.45, 7) is 4.89. The normalized spacial score (nSPS) is 30.6. The van der Waals surface area contributed by atoms with Crippen molar-refractivity contribution in [3.63, 3.8) is 0 Å². The van der Waals surface area contributed by atoms with Crippen molar-refractivity contribution in [1.29, 1.82) is 0 Å². The summed E-state index contributed by atoms with van der Waals surface area (Å²) < 4.78 is 15.2. The third kappa shape index (κ3) is 2.64. The Bertz CT molecular complexity index is 99.0. The van der Waals surface area contributed by atoms with E-state index in [1.807, 2.05) is 6.92 Å². The molecule has 60 valence electrons. The van der Waals surface area contributed by atoms with Gasteiger partial charge in [0.15, 0.2) is 0 Å². The smallest absolute Gasteiger partial charge is 0.112 e. The monoisotopic (exact) mass is 146 g/mol. The number of ether oxygens (including phenoxy) is 3. The van der Waals surface area contributed by atoms with Crippen LogP contribution in [0.5, 0.6) is 0 Å². The molecule has 10 heavy (non-hydrogen) atoms. The summed E-state index contributed by atoms with van der Waals surface area (Å²) in [5.41, 5.74) is 0.0216. The molecular formula is C7H14O3. The Balaban J connectivity index is 1.86. The summed E-state index contributed by atoms with van der Waals surface area (Å²) in [5.74, 6) is 0. The van der Waals surface area contributed by atoms with Gasteiger partial charge < -0.3 is 14.2 Å². The summed E-state index contributed by atoms with van der Waals surface area (Å²) in [6.07, 6.45) is 0. The van der Waals surface area contributed by atoms with Crippen molar-refractivity contribution in [2.24, 2.45) is 0 Å². The van der Waals surface area contributed by atoms with E-state index in [-0.39, 0.29) is 5.60 Å². The third-order valence-corrected chi connectivity index (χ3v) is 1.48. The van der Waals surface area contributed by atoms with E-state index in [1.165, 1.54) is 0 Å². The predicted molar refractivity (Wildman–Crippen MR) is 37.1 cm³/mol. The van der Waals surface area contributed by atoms with Gasteiger partial charge in [0.05, 0.1) is 26.4 Å². The molecule has 0 radical (unpaired) electrons. The van der Waals surface area contributed by atoms with Gasteiger partial charge in [-0.2, -0.15) is 0 Å². The van der Waals surface area contributed by atoms with Gasteiger partial charge in [0.25, 0.3) is 0 Å². The van der Waals surface area contributed by atoms with Gasteiger partial charge in [-0.05, 0) is 6.92 Å². The molecule has 1 atom stereocenters. The lowest BCUT2D eigenvalue weighted by Gasteiger charge is -2.05. The molecule has 0 saturated carbocycles. The molecule has 0 amide bonds. The second-order valence-electron chi connectivity index (χ2n) is 2.78. The van der Waals surface area contributed by atoms with E-state index in [2.05, 4.69) is 0 Å². The highest BCUT2D eigenvalue weighted by Gasteiger charge is 2.39. The van der Waals surface area contributed by atoms with E-state index in [0.29, 0.717) is 19.8 Å². The molecule has 0 aromatic carbocycles. The Morgan fingerprint density at radius 2 is 2.20 bits per heavy atom. The van der Waals surface area contributed by atoms with Gasteiger partial charge in [-0.25, -0.2) is 0 Å². The molecule has 3 nitrogen and oxygen atoms in total. The highest BCUT2D eigenvalue weighted by molar-refractivity contribution is 4.86. The van der Waals surface area contributed by atoms with Crippen LogP contribution in [-0.4, -0.2) is 39.1 Å². The molecule has 0 bridgehead atoms. The van der Waals surface area contributed by atoms with Gasteiger partial charge in [-0.3, -0.25) is 0 Å². The average molecular weight is 146 g/mol. The molecule has 1 aliphatic rings. The van der Waals surface area contributed by atoms with E-state index in [9.17, 15) is 0 Å². The molecule has 0 aromatic rings. The molecule has 3 heteroatoms. The molecule has 1 fully saturated rings. The van der Waals surface area contributed by atoms with Crippen molar-refractivity contribution in [2.75, 3.05) is 33.5 Å². The minimum absolute atomic E-state index is 0.0216. The fraction of sp³-hybridized carbons (Fsp3) is 1.00. The van der Waals surface area contributed by atoms with Crippen LogP contribution in [0.2, 0.25) is 0 Å². The maximum atomic E-state index is 5.25. The molecule has 0 aromatic heterocycles. The zero-order chi connectivity index (χ0) is 7.45. The van der Waals surface area contributed by atoms with E-state index in [4.69, 9.17) is 14.2 Å². The van der Waals surface area contributed by atoms with Crippen molar-refractivity contribution in [2.45, 2.75) is 12.5 Å². The lowest BCUT2D eigenvalue weighted by atomic mass is 10.2. The molecule has 0 aliphatic carbocycles. The minimum Gasteiger partial charge on any atom is -0.382 e. The standard InChI is InChI=1S/C7H14O3/c1-7(6-10-7)5-9-4-3-8-2/h3-6H2,1-2H3. The minimum atomic E-state index is 0.0216. The van der Waals surface area contributed by atoms with Gasteiger partial charge in [0.1, 0.15) is 5.60 Å². The van der Waals surface area contributed by atoms with E-state index in [1.54, 1.807) is 7.11 Å². The second-order valence-corrected chi connectivity index (χ2v) is 2.78. The summed E-state index contributed by atoms with van der Waals surface area (Å²) in [4.78, 5) is 0. The Morgan fingerprint density at radius 3 is 2.70 bits per heavy atom. The molecular weight excluding hydrogens is 132 g/mol. The van der Waals surface area contributed by atoms with Crippen LogP contribution in [0.15, 0.2) is 0 Å². The van der Waals surface area contributed by atoms with Gasteiger partial charge in [-0.15, -0.1) is 0 Å². The SMILES string of the molecule is COCCOCC1(C)CO1. The second kappa shape index (κ2) is 3.32. The highest BCUT2D eigenvalue weighted by Crippen LogP contribution is 2.25. The van der Waals surface area contributed by atoms with Crippen LogP contribution in [0.3, 0.4) is 0 Å². The van der Waals surface area contributed by atoms with Crippen molar-refractivity contribution in [1.82, 2.24) is 0 Å². The number of hydrogen-bond acceptors (Lipinski definition) is 3. The lowest BCUT2D eigenvalue weighted by Crippen LogP contribution is -2.16. The van der Waals surface area contributed by atoms with Crippen LogP contribution >= 0.6 is 0 Å². The number of epoxide rings is 1. The van der Waals surface area contributed by atoms with Gasteiger partial charge in [0, 0.05) is 7.11 Å². The highest BCUT2D eigenvalue weighted by atomic mass is 16.6. The Kier molecular flexibility index (Phi) is 2.65. The van der Waals surface area contributed by atoms with Gasteiger partial charge in [0.2, 0.25) is 0 Å². The fourth-order valence-corrected chi connectivity index (χ4v) is 0.637. The molecule has 1 aliphatic heterocycles. The van der Waals surface area contributed by atoms with Gasteiger partial charge >= 0.3 is 0 Å². The number of hydrogen-bond donors (Lipinski definition) is 0. The zero-order valence-corrected chi connectivity index (χ0v) is 6.55. The van der Waals surface area contributed by atoms with Crippen molar-refractivity contribution >= 4 is 0 Å². The molecule has 1 heterocycles. The first-order valence-corrected chi connectivity index (χ1v) is 3.47. The summed E-state index contributed by atoms with van der Waals surface area (Å²) in [7, 11) is 1.67. The van der Waals surface area contributed by atoms with Crippen LogP contribution in [-0.2, 0) is 14.2 Å². The van der Waals surface area contributed by atoms with E-state index in [0.717, 1.165) is 6.61 Å².